The van der Waals surface area contributed by atoms with E-state index >= 15 is 0 Å². The molecule has 0 radical (unpaired) electrons. The minimum atomic E-state index is -2.50. The number of hydrogen-bond donors (Lipinski definition) is 1. The zero-order valence-electron chi connectivity index (χ0n) is 9.07. The van der Waals surface area contributed by atoms with Crippen LogP contribution in [0.1, 0.15) is 33.6 Å². The lowest BCUT2D eigenvalue weighted by Crippen LogP contribution is -2.34. The maximum Gasteiger partial charge on any atom is 0.252 e. The van der Waals surface area contributed by atoms with Gasteiger partial charge in [-0.25, -0.2) is 8.78 Å². The number of halogens is 3. The van der Waals surface area contributed by atoms with E-state index in [1.54, 1.807) is 0 Å². The molecule has 1 fully saturated rings. The summed E-state index contributed by atoms with van der Waals surface area (Å²) < 4.78 is 27.2. The van der Waals surface area contributed by atoms with Crippen LogP contribution in [-0.4, -0.2) is 19.0 Å². The van der Waals surface area contributed by atoms with E-state index in [0.29, 0.717) is 13.0 Å². The van der Waals surface area contributed by atoms with Gasteiger partial charge in [-0.15, -0.1) is 12.4 Å². The molecule has 0 aliphatic carbocycles. The van der Waals surface area contributed by atoms with Crippen molar-refractivity contribution in [2.24, 2.45) is 11.3 Å². The van der Waals surface area contributed by atoms with Crippen LogP contribution in [0.2, 0.25) is 0 Å². The number of hydrogen-bond acceptors (Lipinski definition) is 1. The van der Waals surface area contributed by atoms with Gasteiger partial charge in [-0.2, -0.15) is 0 Å². The summed E-state index contributed by atoms with van der Waals surface area (Å²) in [5, 5.41) is 2.98. The van der Waals surface area contributed by atoms with Crippen LogP contribution in [0.15, 0.2) is 0 Å². The van der Waals surface area contributed by atoms with E-state index in [-0.39, 0.29) is 24.2 Å². The Balaban J connectivity index is 0.00000169. The van der Waals surface area contributed by atoms with Crippen molar-refractivity contribution in [1.82, 2.24) is 5.32 Å². The lowest BCUT2D eigenvalue weighted by atomic mass is 9.83. The average molecular weight is 228 g/mol. The van der Waals surface area contributed by atoms with Crippen LogP contribution in [0, 0.1) is 11.3 Å². The number of nitrogens with one attached hydrogen (secondary N) is 1. The molecular formula is C10H20ClF2N. The van der Waals surface area contributed by atoms with Crippen LogP contribution < -0.4 is 5.32 Å². The number of rotatable bonds is 2. The van der Waals surface area contributed by atoms with Gasteiger partial charge in [0.2, 0.25) is 0 Å². The Labute approximate surface area is 91.1 Å². The maximum absolute atomic E-state index is 13.6. The van der Waals surface area contributed by atoms with E-state index in [4.69, 9.17) is 0 Å². The van der Waals surface area contributed by atoms with E-state index in [0.717, 1.165) is 6.54 Å². The molecule has 0 aromatic heterocycles. The summed E-state index contributed by atoms with van der Waals surface area (Å²) in [5.41, 5.74) is -0.286. The highest BCUT2D eigenvalue weighted by atomic mass is 35.5. The van der Waals surface area contributed by atoms with Gasteiger partial charge in [-0.1, -0.05) is 20.8 Å². The molecule has 1 rings (SSSR count). The molecule has 14 heavy (non-hydrogen) atoms. The fourth-order valence-corrected chi connectivity index (χ4v) is 1.87. The van der Waals surface area contributed by atoms with Crippen molar-refractivity contribution in [2.75, 3.05) is 13.1 Å². The van der Waals surface area contributed by atoms with Crippen LogP contribution in [0.5, 0.6) is 0 Å². The second-order valence-corrected chi connectivity index (χ2v) is 5.19. The Morgan fingerprint density at radius 1 is 1.29 bits per heavy atom. The molecule has 1 unspecified atom stereocenters. The molecule has 1 aliphatic heterocycles. The Morgan fingerprint density at radius 3 is 2.21 bits per heavy atom. The van der Waals surface area contributed by atoms with Crippen molar-refractivity contribution in [3.8, 4) is 0 Å². The summed E-state index contributed by atoms with van der Waals surface area (Å²) in [6, 6.07) is 0. The summed E-state index contributed by atoms with van der Waals surface area (Å²) in [5.74, 6) is -2.95. The van der Waals surface area contributed by atoms with Gasteiger partial charge >= 0.3 is 0 Å². The Morgan fingerprint density at radius 2 is 1.86 bits per heavy atom. The van der Waals surface area contributed by atoms with E-state index in [9.17, 15) is 8.78 Å². The molecule has 86 valence electrons. The van der Waals surface area contributed by atoms with Crippen LogP contribution in [-0.2, 0) is 0 Å². The molecule has 1 aliphatic rings. The van der Waals surface area contributed by atoms with Gasteiger partial charge in [0, 0.05) is 18.9 Å². The normalized spacial score (nSPS) is 23.4. The average Bonchev–Trinajstić information content (AvgIpc) is 2.29. The van der Waals surface area contributed by atoms with E-state index in [1.807, 2.05) is 20.8 Å². The van der Waals surface area contributed by atoms with Gasteiger partial charge in [0.1, 0.15) is 0 Å². The zero-order chi connectivity index (χ0) is 10.1. The summed E-state index contributed by atoms with van der Waals surface area (Å²) in [4.78, 5) is 0. The molecule has 1 N–H and O–H groups in total. The SMILES string of the molecule is CC(C)(C)CC(F)(F)C1CCNC1.Cl. The van der Waals surface area contributed by atoms with Gasteiger partial charge in [-0.3, -0.25) is 0 Å². The first kappa shape index (κ1) is 14.1. The lowest BCUT2D eigenvalue weighted by molar-refractivity contribution is -0.0806. The second-order valence-electron chi connectivity index (χ2n) is 5.19. The molecule has 1 heterocycles. The molecule has 1 saturated heterocycles. The van der Waals surface area contributed by atoms with Gasteiger partial charge in [0.25, 0.3) is 5.92 Å². The summed E-state index contributed by atoms with van der Waals surface area (Å²) in [7, 11) is 0. The first-order valence-corrected chi connectivity index (χ1v) is 4.90. The van der Waals surface area contributed by atoms with Gasteiger partial charge < -0.3 is 5.32 Å². The molecule has 0 aromatic rings. The quantitative estimate of drug-likeness (QED) is 0.765. The standard InChI is InChI=1S/C10H19F2N.ClH/c1-9(2,3)7-10(11,12)8-4-5-13-6-8;/h8,13H,4-7H2,1-3H3;1H. The molecule has 0 bridgehead atoms. The van der Waals surface area contributed by atoms with Crippen molar-refractivity contribution >= 4 is 12.4 Å². The fourth-order valence-electron chi connectivity index (χ4n) is 1.87. The largest absolute Gasteiger partial charge is 0.316 e. The van der Waals surface area contributed by atoms with Crippen molar-refractivity contribution in [1.29, 1.82) is 0 Å². The maximum atomic E-state index is 13.6. The Bertz CT molecular complexity index is 171. The van der Waals surface area contributed by atoms with E-state index in [1.165, 1.54) is 0 Å². The van der Waals surface area contributed by atoms with Crippen LogP contribution in [0.25, 0.3) is 0 Å². The minimum Gasteiger partial charge on any atom is -0.316 e. The Hall–Kier alpha value is 0.110. The molecule has 4 heteroatoms. The van der Waals surface area contributed by atoms with E-state index < -0.39 is 11.8 Å². The summed E-state index contributed by atoms with van der Waals surface area (Å²) in [6.45, 7) is 6.81. The third-order valence-corrected chi connectivity index (χ3v) is 2.42. The third kappa shape index (κ3) is 4.09. The topological polar surface area (TPSA) is 12.0 Å². The predicted octanol–water partition coefficient (Wildman–Crippen LogP) is 3.09. The molecular weight excluding hydrogens is 208 g/mol. The van der Waals surface area contributed by atoms with Gasteiger partial charge in [0.15, 0.2) is 0 Å². The van der Waals surface area contributed by atoms with Crippen LogP contribution in [0.3, 0.4) is 0 Å². The van der Waals surface area contributed by atoms with Crippen LogP contribution >= 0.6 is 12.4 Å². The third-order valence-electron chi connectivity index (χ3n) is 2.42. The number of alkyl halides is 2. The molecule has 0 amide bonds. The van der Waals surface area contributed by atoms with Crippen molar-refractivity contribution in [3.63, 3.8) is 0 Å². The summed E-state index contributed by atoms with van der Waals surface area (Å²) in [6.07, 6.45) is 0.607. The molecule has 0 saturated carbocycles. The molecule has 1 atom stereocenters. The van der Waals surface area contributed by atoms with Crippen molar-refractivity contribution in [3.05, 3.63) is 0 Å². The highest BCUT2D eigenvalue weighted by Gasteiger charge is 2.43. The zero-order valence-corrected chi connectivity index (χ0v) is 9.89. The van der Waals surface area contributed by atoms with Crippen molar-refractivity contribution in [2.45, 2.75) is 39.5 Å². The predicted molar refractivity (Wildman–Crippen MR) is 57.2 cm³/mol. The van der Waals surface area contributed by atoms with Gasteiger partial charge in [0.05, 0.1) is 0 Å². The van der Waals surface area contributed by atoms with Crippen LogP contribution in [0.4, 0.5) is 8.78 Å². The first-order chi connectivity index (χ1) is 5.81. The minimum absolute atomic E-state index is 0. The fraction of sp³-hybridized carbons (Fsp3) is 1.00. The monoisotopic (exact) mass is 227 g/mol. The second kappa shape index (κ2) is 4.75. The highest BCUT2D eigenvalue weighted by Crippen LogP contribution is 2.39. The van der Waals surface area contributed by atoms with Crippen molar-refractivity contribution < 1.29 is 8.78 Å². The smallest absolute Gasteiger partial charge is 0.252 e. The lowest BCUT2D eigenvalue weighted by Gasteiger charge is -2.29. The molecule has 0 aromatic carbocycles. The Kier molecular flexibility index (Phi) is 4.79. The summed E-state index contributed by atoms with van der Waals surface area (Å²) >= 11 is 0. The van der Waals surface area contributed by atoms with E-state index in [2.05, 4.69) is 5.32 Å². The molecule has 1 nitrogen and oxygen atoms in total. The van der Waals surface area contributed by atoms with Gasteiger partial charge in [-0.05, 0) is 18.4 Å². The molecule has 0 spiro atoms. The first-order valence-electron chi connectivity index (χ1n) is 4.90. The highest BCUT2D eigenvalue weighted by molar-refractivity contribution is 5.85.